The number of fused-ring (bicyclic) bond motifs is 1. The van der Waals surface area contributed by atoms with Gasteiger partial charge in [0, 0.05) is 22.3 Å². The molecule has 150 valence electrons. The van der Waals surface area contributed by atoms with E-state index in [9.17, 15) is 14.9 Å². The highest BCUT2D eigenvalue weighted by Crippen LogP contribution is 2.38. The van der Waals surface area contributed by atoms with Crippen molar-refractivity contribution in [2.24, 2.45) is 0 Å². The summed E-state index contributed by atoms with van der Waals surface area (Å²) in [6.45, 7) is 1.04. The number of nitrogens with one attached hydrogen (secondary N) is 2. The highest BCUT2D eigenvalue weighted by Gasteiger charge is 2.29. The molecule has 7 nitrogen and oxygen atoms in total. The van der Waals surface area contributed by atoms with Crippen LogP contribution in [0.1, 0.15) is 27.3 Å². The second-order valence-corrected chi connectivity index (χ2v) is 8.89. The van der Waals surface area contributed by atoms with E-state index in [0.717, 1.165) is 15.3 Å². The summed E-state index contributed by atoms with van der Waals surface area (Å²) < 4.78 is 10.6. The third-order valence-electron chi connectivity index (χ3n) is 4.74. The molecule has 1 fully saturated rings. The van der Waals surface area contributed by atoms with Crippen LogP contribution < -0.4 is 10.6 Å². The van der Waals surface area contributed by atoms with E-state index in [-0.39, 0.29) is 18.1 Å². The molecule has 3 heterocycles. The number of thiophene rings is 2. The Labute approximate surface area is 175 Å². The maximum absolute atomic E-state index is 12.3. The average Bonchev–Trinajstić information content (AvgIpc) is 3.30. The molecule has 2 aromatic heterocycles. The van der Waals surface area contributed by atoms with Gasteiger partial charge in [0.15, 0.2) is 0 Å². The number of carbonyl (C=O) groups excluding carboxylic acids is 2. The summed E-state index contributed by atoms with van der Waals surface area (Å²) in [7, 11) is 0. The van der Waals surface area contributed by atoms with Crippen molar-refractivity contribution >= 4 is 45.8 Å². The fourth-order valence-electron chi connectivity index (χ4n) is 3.23. The normalized spacial score (nSPS) is 18.5. The predicted octanol–water partition coefficient (Wildman–Crippen LogP) is 3.32. The first kappa shape index (κ1) is 19.6. The first-order valence-electron chi connectivity index (χ1n) is 9.24. The van der Waals surface area contributed by atoms with Gasteiger partial charge >= 0.3 is 6.09 Å². The molecular formula is C20H19N3O4S2. The zero-order valence-corrected chi connectivity index (χ0v) is 17.1. The van der Waals surface area contributed by atoms with Crippen molar-refractivity contribution in [1.82, 2.24) is 5.32 Å². The van der Waals surface area contributed by atoms with E-state index < -0.39 is 6.09 Å². The highest BCUT2D eigenvalue weighted by atomic mass is 32.1. The molecular weight excluding hydrogens is 410 g/mol. The van der Waals surface area contributed by atoms with Crippen LogP contribution in [-0.2, 0) is 27.1 Å². The molecule has 2 aliphatic rings. The second kappa shape index (κ2) is 8.78. The van der Waals surface area contributed by atoms with Gasteiger partial charge in [-0.3, -0.25) is 4.79 Å². The van der Waals surface area contributed by atoms with E-state index in [2.05, 4.69) is 16.7 Å². The molecule has 4 rings (SSSR count). The number of anilines is 1. The Morgan fingerprint density at radius 2 is 2.24 bits per heavy atom. The van der Waals surface area contributed by atoms with Gasteiger partial charge in [-0.05, 0) is 35.9 Å². The Morgan fingerprint density at radius 1 is 1.38 bits per heavy atom. The first-order chi connectivity index (χ1) is 14.1. The van der Waals surface area contributed by atoms with Gasteiger partial charge in [0.2, 0.25) is 5.91 Å². The van der Waals surface area contributed by atoms with Gasteiger partial charge in [-0.25, -0.2) is 4.79 Å². The largest absolute Gasteiger partial charge is 0.446 e. The number of rotatable bonds is 5. The van der Waals surface area contributed by atoms with Crippen LogP contribution in [-0.4, -0.2) is 37.4 Å². The minimum absolute atomic E-state index is 0.0256. The van der Waals surface area contributed by atoms with Crippen molar-refractivity contribution in [1.29, 1.82) is 5.26 Å². The van der Waals surface area contributed by atoms with Crippen LogP contribution in [0.2, 0.25) is 0 Å². The van der Waals surface area contributed by atoms with Crippen molar-refractivity contribution in [2.75, 3.05) is 18.5 Å². The van der Waals surface area contributed by atoms with Crippen LogP contribution in [0.15, 0.2) is 23.6 Å². The fraction of sp³-hybridized carbons (Fsp3) is 0.350. The number of hydrogen-bond donors (Lipinski definition) is 2. The van der Waals surface area contributed by atoms with Gasteiger partial charge in [-0.2, -0.15) is 5.26 Å². The van der Waals surface area contributed by atoms with E-state index in [1.54, 1.807) is 17.4 Å². The molecule has 0 saturated carbocycles. The van der Waals surface area contributed by atoms with Crippen LogP contribution in [0.5, 0.6) is 0 Å². The third-order valence-corrected chi connectivity index (χ3v) is 6.75. The van der Waals surface area contributed by atoms with Crippen LogP contribution in [0, 0.1) is 11.3 Å². The molecule has 1 atom stereocenters. The SMILES string of the molecule is N#Cc1c(NC(=O)/C=C/c2cccs2)sc2c1CCC(OC(=O)NC1COC1)C2. The number of amides is 2. The van der Waals surface area contributed by atoms with E-state index in [4.69, 9.17) is 9.47 Å². The molecule has 1 aliphatic carbocycles. The van der Waals surface area contributed by atoms with E-state index in [1.165, 1.54) is 17.4 Å². The molecule has 0 spiro atoms. The number of hydrogen-bond acceptors (Lipinski definition) is 7. The Morgan fingerprint density at radius 3 is 2.93 bits per heavy atom. The quantitative estimate of drug-likeness (QED) is 0.710. The van der Waals surface area contributed by atoms with Gasteiger partial charge in [0.25, 0.3) is 0 Å². The Bertz CT molecular complexity index is 971. The third kappa shape index (κ3) is 4.67. The lowest BCUT2D eigenvalue weighted by molar-refractivity contribution is -0.111. The van der Waals surface area contributed by atoms with Gasteiger partial charge < -0.3 is 20.1 Å². The van der Waals surface area contributed by atoms with Crippen LogP contribution in [0.4, 0.5) is 9.80 Å². The summed E-state index contributed by atoms with van der Waals surface area (Å²) in [5.74, 6) is -0.275. The number of carbonyl (C=O) groups is 2. The zero-order valence-electron chi connectivity index (χ0n) is 15.5. The Balaban J connectivity index is 1.39. The molecule has 2 amide bonds. The molecule has 2 N–H and O–H groups in total. The monoisotopic (exact) mass is 429 g/mol. The molecule has 29 heavy (non-hydrogen) atoms. The maximum atomic E-state index is 12.3. The van der Waals surface area contributed by atoms with Crippen LogP contribution in [0.3, 0.4) is 0 Å². The summed E-state index contributed by atoms with van der Waals surface area (Å²) in [5, 5.41) is 17.7. The van der Waals surface area contributed by atoms with Gasteiger partial charge in [0.1, 0.15) is 17.2 Å². The summed E-state index contributed by atoms with van der Waals surface area (Å²) in [6, 6.07) is 6.08. The van der Waals surface area contributed by atoms with Crippen LogP contribution >= 0.6 is 22.7 Å². The minimum Gasteiger partial charge on any atom is -0.446 e. The van der Waals surface area contributed by atoms with Crippen molar-refractivity contribution in [3.63, 3.8) is 0 Å². The Hall–Kier alpha value is -2.67. The molecule has 9 heteroatoms. The summed E-state index contributed by atoms with van der Waals surface area (Å²) in [4.78, 5) is 26.2. The van der Waals surface area contributed by atoms with Gasteiger partial charge in [0.05, 0.1) is 24.8 Å². The predicted molar refractivity (Wildman–Crippen MR) is 111 cm³/mol. The molecule has 2 aromatic rings. The lowest BCUT2D eigenvalue weighted by Gasteiger charge is -2.28. The van der Waals surface area contributed by atoms with Crippen molar-refractivity contribution < 1.29 is 19.1 Å². The number of nitrogens with zero attached hydrogens (tertiary/aromatic N) is 1. The number of nitriles is 1. The summed E-state index contributed by atoms with van der Waals surface area (Å²) >= 11 is 2.93. The second-order valence-electron chi connectivity index (χ2n) is 6.81. The number of alkyl carbamates (subject to hydrolysis) is 1. The zero-order chi connectivity index (χ0) is 20.2. The fourth-order valence-corrected chi connectivity index (χ4v) is 5.11. The smallest absolute Gasteiger partial charge is 0.407 e. The van der Waals surface area contributed by atoms with Crippen molar-refractivity contribution in [3.8, 4) is 6.07 Å². The average molecular weight is 430 g/mol. The highest BCUT2D eigenvalue weighted by molar-refractivity contribution is 7.16. The van der Waals surface area contributed by atoms with E-state index in [0.29, 0.717) is 43.0 Å². The maximum Gasteiger partial charge on any atom is 0.407 e. The topological polar surface area (TPSA) is 100 Å². The van der Waals surface area contributed by atoms with Crippen LogP contribution in [0.25, 0.3) is 6.08 Å². The van der Waals surface area contributed by atoms with Crippen molar-refractivity contribution in [3.05, 3.63) is 44.5 Å². The van der Waals surface area contributed by atoms with E-state index in [1.807, 2.05) is 17.5 Å². The van der Waals surface area contributed by atoms with Crippen molar-refractivity contribution in [2.45, 2.75) is 31.4 Å². The molecule has 1 saturated heterocycles. The molecule has 1 aliphatic heterocycles. The number of ether oxygens (including phenoxy) is 2. The summed E-state index contributed by atoms with van der Waals surface area (Å²) in [6.07, 6.45) is 4.37. The van der Waals surface area contributed by atoms with Gasteiger partial charge in [-0.15, -0.1) is 22.7 Å². The van der Waals surface area contributed by atoms with Gasteiger partial charge in [-0.1, -0.05) is 6.07 Å². The van der Waals surface area contributed by atoms with E-state index >= 15 is 0 Å². The first-order valence-corrected chi connectivity index (χ1v) is 10.9. The summed E-state index contributed by atoms with van der Waals surface area (Å²) in [5.41, 5.74) is 1.46. The lowest BCUT2D eigenvalue weighted by atomic mass is 9.94. The molecule has 0 radical (unpaired) electrons. The standard InChI is InChI=1S/C20H19N3O4S2/c21-9-16-15-5-3-13(27-20(25)22-12-10-26-11-12)8-17(15)29-19(16)23-18(24)6-4-14-2-1-7-28-14/h1-2,4,6-7,12-13H,3,5,8,10-11H2,(H,22,25)(H,23,24)/b6-4+. The lowest BCUT2D eigenvalue weighted by Crippen LogP contribution is -2.49. The Kier molecular flexibility index (Phi) is 5.94. The minimum atomic E-state index is -0.434. The molecule has 1 unspecified atom stereocenters. The molecule has 0 aromatic carbocycles. The molecule has 0 bridgehead atoms.